The number of hydrogen-bond acceptors (Lipinski definition) is 3. The third-order valence-corrected chi connectivity index (χ3v) is 6.11. The molecule has 1 aliphatic rings. The number of thiophene rings is 1. The van der Waals surface area contributed by atoms with Crippen LogP contribution in [-0.2, 0) is 11.3 Å². The zero-order chi connectivity index (χ0) is 13.3. The summed E-state index contributed by atoms with van der Waals surface area (Å²) in [4.78, 5) is 14.7. The molecule has 100 valence electrons. The predicted molar refractivity (Wildman–Crippen MR) is 77.3 cm³/mol. The molecule has 6 heteroatoms. The highest BCUT2D eigenvalue weighted by Crippen LogP contribution is 2.37. The van der Waals surface area contributed by atoms with Gasteiger partial charge in [0.1, 0.15) is 9.88 Å². The molecule has 0 aliphatic carbocycles. The number of nitrogens with zero attached hydrogens (tertiary/aromatic N) is 1. The first-order valence-electron chi connectivity index (χ1n) is 5.92. The summed E-state index contributed by atoms with van der Waals surface area (Å²) in [6.07, 6.45) is 2.32. The van der Waals surface area contributed by atoms with Crippen LogP contribution in [0.4, 0.5) is 0 Å². The average Bonchev–Trinajstić information content (AvgIpc) is 2.85. The fraction of sp³-hybridized carbons (Fsp3) is 0.583. The van der Waals surface area contributed by atoms with Crippen LogP contribution in [0.1, 0.15) is 31.1 Å². The quantitative estimate of drug-likeness (QED) is 0.890. The lowest BCUT2D eigenvalue weighted by Gasteiger charge is -2.33. The average molecular weight is 353 g/mol. The Labute approximate surface area is 124 Å². The third kappa shape index (κ3) is 2.46. The van der Waals surface area contributed by atoms with Gasteiger partial charge in [0.25, 0.3) is 0 Å². The van der Waals surface area contributed by atoms with Crippen LogP contribution in [0.15, 0.2) is 10.5 Å². The SMILES string of the molecule is CCC1(C(=O)O)CCCN1Cc1cc(Br)c(Cl)s1. The lowest BCUT2D eigenvalue weighted by molar-refractivity contribution is -0.150. The fourth-order valence-corrected chi connectivity index (χ4v) is 4.42. The summed E-state index contributed by atoms with van der Waals surface area (Å²) in [7, 11) is 0. The van der Waals surface area contributed by atoms with Gasteiger partial charge in [-0.15, -0.1) is 11.3 Å². The largest absolute Gasteiger partial charge is 0.480 e. The molecule has 1 saturated heterocycles. The number of halogens is 2. The summed E-state index contributed by atoms with van der Waals surface area (Å²) in [5.74, 6) is -0.704. The van der Waals surface area contributed by atoms with Gasteiger partial charge in [-0.2, -0.15) is 0 Å². The molecule has 0 amide bonds. The van der Waals surface area contributed by atoms with Crippen LogP contribution in [0.25, 0.3) is 0 Å². The van der Waals surface area contributed by atoms with Gasteiger partial charge in [0.2, 0.25) is 0 Å². The first-order valence-corrected chi connectivity index (χ1v) is 7.90. The second kappa shape index (κ2) is 5.49. The molecule has 1 aliphatic heterocycles. The summed E-state index contributed by atoms with van der Waals surface area (Å²) in [6, 6.07) is 1.98. The van der Waals surface area contributed by atoms with E-state index in [0.717, 1.165) is 33.1 Å². The summed E-state index contributed by atoms with van der Waals surface area (Å²) in [5, 5.41) is 9.50. The second-order valence-corrected chi connectivity index (χ2v) is 7.14. The van der Waals surface area contributed by atoms with Gasteiger partial charge in [0.05, 0.1) is 0 Å². The van der Waals surface area contributed by atoms with E-state index in [1.54, 1.807) is 0 Å². The molecule has 1 N–H and O–H groups in total. The van der Waals surface area contributed by atoms with E-state index in [1.165, 1.54) is 11.3 Å². The Morgan fingerprint density at radius 1 is 1.72 bits per heavy atom. The topological polar surface area (TPSA) is 40.5 Å². The molecule has 2 heterocycles. The molecule has 0 radical (unpaired) electrons. The van der Waals surface area contributed by atoms with Crippen molar-refractivity contribution in [3.05, 3.63) is 19.8 Å². The van der Waals surface area contributed by atoms with Gasteiger partial charge in [0.15, 0.2) is 0 Å². The van der Waals surface area contributed by atoms with Gasteiger partial charge < -0.3 is 5.11 Å². The Morgan fingerprint density at radius 2 is 2.44 bits per heavy atom. The minimum atomic E-state index is -0.704. The van der Waals surface area contributed by atoms with Crippen molar-refractivity contribution in [1.29, 1.82) is 0 Å². The van der Waals surface area contributed by atoms with Gasteiger partial charge in [-0.25, -0.2) is 0 Å². The molecular formula is C12H15BrClNO2S. The molecular weight excluding hydrogens is 338 g/mol. The van der Waals surface area contributed by atoms with E-state index in [4.69, 9.17) is 11.6 Å². The monoisotopic (exact) mass is 351 g/mol. The summed E-state index contributed by atoms with van der Waals surface area (Å²) >= 11 is 10.9. The zero-order valence-corrected chi connectivity index (χ0v) is 13.2. The number of carboxylic acids is 1. The van der Waals surface area contributed by atoms with Crippen molar-refractivity contribution in [3.8, 4) is 0 Å². The molecule has 1 unspecified atom stereocenters. The molecule has 0 spiro atoms. The molecule has 1 fully saturated rings. The maximum absolute atomic E-state index is 11.6. The number of aliphatic carboxylic acids is 1. The highest BCUT2D eigenvalue weighted by molar-refractivity contribution is 9.10. The van der Waals surface area contributed by atoms with E-state index < -0.39 is 11.5 Å². The Bertz CT molecular complexity index is 445. The van der Waals surface area contributed by atoms with E-state index in [1.807, 2.05) is 13.0 Å². The lowest BCUT2D eigenvalue weighted by Crippen LogP contribution is -2.49. The number of carbonyl (C=O) groups is 1. The predicted octanol–water partition coefficient (Wildman–Crippen LogP) is 3.99. The smallest absolute Gasteiger partial charge is 0.324 e. The van der Waals surface area contributed by atoms with Gasteiger partial charge >= 0.3 is 5.97 Å². The Kier molecular flexibility index (Phi) is 4.36. The van der Waals surface area contributed by atoms with Crippen LogP contribution < -0.4 is 0 Å². The van der Waals surface area contributed by atoms with Gasteiger partial charge in [0, 0.05) is 15.9 Å². The van der Waals surface area contributed by atoms with Crippen molar-refractivity contribution >= 4 is 44.8 Å². The van der Waals surface area contributed by atoms with Gasteiger partial charge in [-0.05, 0) is 47.8 Å². The molecule has 1 aromatic heterocycles. The molecule has 2 rings (SSSR count). The van der Waals surface area contributed by atoms with Crippen molar-refractivity contribution in [2.24, 2.45) is 0 Å². The Balaban J connectivity index is 2.19. The van der Waals surface area contributed by atoms with Crippen LogP contribution in [0.2, 0.25) is 4.34 Å². The lowest BCUT2D eigenvalue weighted by atomic mass is 9.93. The van der Waals surface area contributed by atoms with E-state index in [-0.39, 0.29) is 0 Å². The number of carboxylic acid groups (broad SMARTS) is 1. The molecule has 1 aromatic rings. The van der Waals surface area contributed by atoms with Gasteiger partial charge in [-0.3, -0.25) is 9.69 Å². The molecule has 0 bridgehead atoms. The molecule has 0 aromatic carbocycles. The van der Waals surface area contributed by atoms with Crippen LogP contribution in [0.3, 0.4) is 0 Å². The number of hydrogen-bond donors (Lipinski definition) is 1. The first kappa shape index (κ1) is 14.3. The van der Waals surface area contributed by atoms with Crippen molar-refractivity contribution < 1.29 is 9.90 Å². The number of rotatable bonds is 4. The van der Waals surface area contributed by atoms with Crippen LogP contribution in [-0.4, -0.2) is 28.1 Å². The van der Waals surface area contributed by atoms with Crippen molar-refractivity contribution in [2.45, 2.75) is 38.3 Å². The molecule has 18 heavy (non-hydrogen) atoms. The van der Waals surface area contributed by atoms with Crippen LogP contribution in [0.5, 0.6) is 0 Å². The molecule has 0 saturated carbocycles. The second-order valence-electron chi connectivity index (χ2n) is 4.55. The standard InChI is InChI=1S/C12H15BrClNO2S/c1-2-12(11(16)17)4-3-5-15(12)7-8-6-9(13)10(14)18-8/h6H,2-5,7H2,1H3,(H,16,17). The van der Waals surface area contributed by atoms with Crippen molar-refractivity contribution in [2.75, 3.05) is 6.54 Å². The Hall–Kier alpha value is -0.100. The summed E-state index contributed by atoms with van der Waals surface area (Å²) in [6.45, 7) is 3.45. The van der Waals surface area contributed by atoms with E-state index in [9.17, 15) is 9.90 Å². The summed E-state index contributed by atoms with van der Waals surface area (Å²) < 4.78 is 1.61. The van der Waals surface area contributed by atoms with Crippen molar-refractivity contribution in [1.82, 2.24) is 4.90 Å². The maximum atomic E-state index is 11.6. The highest BCUT2D eigenvalue weighted by Gasteiger charge is 2.46. The minimum Gasteiger partial charge on any atom is -0.480 e. The maximum Gasteiger partial charge on any atom is 0.324 e. The van der Waals surface area contributed by atoms with Crippen molar-refractivity contribution in [3.63, 3.8) is 0 Å². The van der Waals surface area contributed by atoms with Crippen LogP contribution >= 0.6 is 38.9 Å². The van der Waals surface area contributed by atoms with Crippen LogP contribution in [0, 0.1) is 0 Å². The highest BCUT2D eigenvalue weighted by atomic mass is 79.9. The number of likely N-dealkylation sites (tertiary alicyclic amines) is 1. The fourth-order valence-electron chi connectivity index (χ4n) is 2.62. The normalized spacial score (nSPS) is 24.6. The molecule has 1 atom stereocenters. The zero-order valence-electron chi connectivity index (χ0n) is 10.1. The molecule has 3 nitrogen and oxygen atoms in total. The van der Waals surface area contributed by atoms with E-state index in [0.29, 0.717) is 13.0 Å². The minimum absolute atomic E-state index is 0.641. The van der Waals surface area contributed by atoms with Gasteiger partial charge in [-0.1, -0.05) is 18.5 Å². The van der Waals surface area contributed by atoms with E-state index >= 15 is 0 Å². The third-order valence-electron chi connectivity index (χ3n) is 3.65. The van der Waals surface area contributed by atoms with E-state index in [2.05, 4.69) is 20.8 Å². The Morgan fingerprint density at radius 3 is 2.94 bits per heavy atom. The summed E-state index contributed by atoms with van der Waals surface area (Å²) in [5.41, 5.74) is -0.692. The first-order chi connectivity index (χ1) is 8.49.